The smallest absolute Gasteiger partial charge is 0.0640 e. The Morgan fingerprint density at radius 2 is 2.39 bits per heavy atom. The average molecular weight is 267 g/mol. The van der Waals surface area contributed by atoms with Crippen LogP contribution in [0, 0.1) is 0 Å². The summed E-state index contributed by atoms with van der Waals surface area (Å²) in [5, 5.41) is 4.65. The van der Waals surface area contributed by atoms with Crippen molar-refractivity contribution < 1.29 is 0 Å². The Balaban J connectivity index is 1.98. The fraction of sp³-hybridized carbons (Fsp3) is 0.786. The summed E-state index contributed by atoms with van der Waals surface area (Å²) in [4.78, 5) is 0. The number of aromatic nitrogens is 2. The fourth-order valence-electron chi connectivity index (χ4n) is 2.45. The molecule has 3 atom stereocenters. The predicted molar refractivity (Wildman–Crippen MR) is 79.0 cm³/mol. The second-order valence-electron chi connectivity index (χ2n) is 5.62. The standard InChI is InChI=1S/C14H25N3S/c1-4-11(2)17-8-6-12(16-17)10-13(15)14(3)7-5-9-18-14/h6,8,11,13H,4-5,7,9-10,15H2,1-3H3. The molecule has 0 radical (unpaired) electrons. The minimum absolute atomic E-state index is 0.213. The molecule has 1 aromatic heterocycles. The lowest BCUT2D eigenvalue weighted by molar-refractivity contribution is 0.455. The molecule has 1 saturated heterocycles. The third kappa shape index (κ3) is 2.91. The van der Waals surface area contributed by atoms with Crippen molar-refractivity contribution in [1.29, 1.82) is 0 Å². The topological polar surface area (TPSA) is 43.8 Å². The quantitative estimate of drug-likeness (QED) is 0.892. The maximum Gasteiger partial charge on any atom is 0.0640 e. The molecule has 0 bridgehead atoms. The Morgan fingerprint density at radius 3 is 3.00 bits per heavy atom. The molecule has 1 aliphatic heterocycles. The van der Waals surface area contributed by atoms with E-state index in [2.05, 4.69) is 42.8 Å². The minimum Gasteiger partial charge on any atom is -0.326 e. The number of thioether (sulfide) groups is 1. The van der Waals surface area contributed by atoms with Crippen LogP contribution in [0.1, 0.15) is 51.8 Å². The van der Waals surface area contributed by atoms with Crippen molar-refractivity contribution in [2.24, 2.45) is 5.73 Å². The highest BCUT2D eigenvalue weighted by Crippen LogP contribution is 2.40. The number of hydrogen-bond acceptors (Lipinski definition) is 3. The van der Waals surface area contributed by atoms with Gasteiger partial charge < -0.3 is 5.73 Å². The van der Waals surface area contributed by atoms with Crippen molar-refractivity contribution in [2.75, 3.05) is 5.75 Å². The van der Waals surface area contributed by atoms with Gasteiger partial charge in [0, 0.05) is 29.4 Å². The van der Waals surface area contributed by atoms with Gasteiger partial charge in [0.05, 0.1) is 5.69 Å². The minimum atomic E-state index is 0.213. The van der Waals surface area contributed by atoms with E-state index in [1.807, 2.05) is 11.8 Å². The summed E-state index contributed by atoms with van der Waals surface area (Å²) in [6.45, 7) is 6.69. The molecule has 0 aromatic carbocycles. The summed E-state index contributed by atoms with van der Waals surface area (Å²) in [5.74, 6) is 1.26. The average Bonchev–Trinajstić information content (AvgIpc) is 2.98. The van der Waals surface area contributed by atoms with Gasteiger partial charge in [-0.15, -0.1) is 0 Å². The van der Waals surface area contributed by atoms with E-state index in [9.17, 15) is 0 Å². The van der Waals surface area contributed by atoms with Gasteiger partial charge in [0.2, 0.25) is 0 Å². The zero-order chi connectivity index (χ0) is 13.2. The fourth-order valence-corrected chi connectivity index (χ4v) is 3.79. The molecule has 0 saturated carbocycles. The third-order valence-corrected chi connectivity index (χ3v) is 5.83. The Labute approximate surface area is 115 Å². The van der Waals surface area contributed by atoms with Crippen molar-refractivity contribution in [1.82, 2.24) is 9.78 Å². The predicted octanol–water partition coefficient (Wildman–Crippen LogP) is 3.01. The normalized spacial score (nSPS) is 27.3. The molecule has 1 fully saturated rings. The van der Waals surface area contributed by atoms with Crippen molar-refractivity contribution in [3.63, 3.8) is 0 Å². The van der Waals surface area contributed by atoms with Gasteiger partial charge in [-0.05, 0) is 44.9 Å². The van der Waals surface area contributed by atoms with Crippen LogP contribution in [-0.4, -0.2) is 26.3 Å². The van der Waals surface area contributed by atoms with Crippen molar-refractivity contribution in [3.8, 4) is 0 Å². The van der Waals surface area contributed by atoms with Crippen LogP contribution < -0.4 is 5.73 Å². The van der Waals surface area contributed by atoms with E-state index in [1.165, 1.54) is 18.6 Å². The zero-order valence-electron chi connectivity index (χ0n) is 11.7. The first kappa shape index (κ1) is 13.9. The van der Waals surface area contributed by atoms with Crippen molar-refractivity contribution in [2.45, 2.75) is 63.3 Å². The van der Waals surface area contributed by atoms with Crippen LogP contribution in [0.4, 0.5) is 0 Å². The molecule has 3 nitrogen and oxygen atoms in total. The molecule has 0 spiro atoms. The Kier molecular flexibility index (Phi) is 4.38. The monoisotopic (exact) mass is 267 g/mol. The third-order valence-electron chi connectivity index (χ3n) is 4.17. The highest BCUT2D eigenvalue weighted by molar-refractivity contribution is 8.00. The van der Waals surface area contributed by atoms with Crippen LogP contribution in [0.15, 0.2) is 12.3 Å². The summed E-state index contributed by atoms with van der Waals surface area (Å²) in [7, 11) is 0. The van der Waals surface area contributed by atoms with Crippen LogP contribution in [0.25, 0.3) is 0 Å². The van der Waals surface area contributed by atoms with Gasteiger partial charge in [0.25, 0.3) is 0 Å². The number of nitrogens with zero attached hydrogens (tertiary/aromatic N) is 2. The summed E-state index contributed by atoms with van der Waals surface area (Å²) in [6, 6.07) is 2.81. The van der Waals surface area contributed by atoms with E-state index < -0.39 is 0 Å². The van der Waals surface area contributed by atoms with Crippen LogP contribution in [-0.2, 0) is 6.42 Å². The van der Waals surface area contributed by atoms with Gasteiger partial charge in [-0.2, -0.15) is 16.9 Å². The first-order valence-electron chi connectivity index (χ1n) is 6.98. The van der Waals surface area contributed by atoms with E-state index >= 15 is 0 Å². The Bertz CT molecular complexity index is 382. The lowest BCUT2D eigenvalue weighted by atomic mass is 9.93. The van der Waals surface area contributed by atoms with E-state index in [1.54, 1.807) is 0 Å². The summed E-state index contributed by atoms with van der Waals surface area (Å²) in [6.07, 6.45) is 6.63. The highest BCUT2D eigenvalue weighted by atomic mass is 32.2. The van der Waals surface area contributed by atoms with Gasteiger partial charge in [0.1, 0.15) is 0 Å². The molecule has 0 aliphatic carbocycles. The van der Waals surface area contributed by atoms with Crippen molar-refractivity contribution >= 4 is 11.8 Å². The van der Waals surface area contributed by atoms with Crippen LogP contribution >= 0.6 is 11.8 Å². The van der Waals surface area contributed by atoms with Gasteiger partial charge in [-0.25, -0.2) is 0 Å². The molecular weight excluding hydrogens is 242 g/mol. The molecule has 18 heavy (non-hydrogen) atoms. The maximum absolute atomic E-state index is 6.39. The molecular formula is C14H25N3S. The molecule has 2 heterocycles. The van der Waals surface area contributed by atoms with Crippen LogP contribution in [0.2, 0.25) is 0 Å². The Morgan fingerprint density at radius 1 is 1.61 bits per heavy atom. The lowest BCUT2D eigenvalue weighted by Crippen LogP contribution is -2.42. The van der Waals surface area contributed by atoms with Crippen LogP contribution in [0.5, 0.6) is 0 Å². The number of rotatable bonds is 5. The highest BCUT2D eigenvalue weighted by Gasteiger charge is 2.35. The Hall–Kier alpha value is -0.480. The first-order chi connectivity index (χ1) is 8.55. The van der Waals surface area contributed by atoms with Gasteiger partial charge in [0.15, 0.2) is 0 Å². The van der Waals surface area contributed by atoms with Gasteiger partial charge in [-0.1, -0.05) is 6.92 Å². The lowest BCUT2D eigenvalue weighted by Gasteiger charge is -2.29. The van der Waals surface area contributed by atoms with Gasteiger partial charge >= 0.3 is 0 Å². The molecule has 4 heteroatoms. The van der Waals surface area contributed by atoms with E-state index in [4.69, 9.17) is 5.73 Å². The zero-order valence-corrected chi connectivity index (χ0v) is 12.5. The molecule has 2 N–H and O–H groups in total. The molecule has 102 valence electrons. The molecule has 2 rings (SSSR count). The maximum atomic E-state index is 6.39. The molecule has 1 aromatic rings. The first-order valence-corrected chi connectivity index (χ1v) is 7.97. The van der Waals surface area contributed by atoms with Crippen molar-refractivity contribution in [3.05, 3.63) is 18.0 Å². The van der Waals surface area contributed by atoms with Gasteiger partial charge in [-0.3, -0.25) is 4.68 Å². The summed E-state index contributed by atoms with van der Waals surface area (Å²) < 4.78 is 2.31. The molecule has 1 aliphatic rings. The largest absolute Gasteiger partial charge is 0.326 e. The molecule has 0 amide bonds. The van der Waals surface area contributed by atoms with E-state index in [0.29, 0.717) is 6.04 Å². The number of nitrogens with two attached hydrogens (primary N) is 1. The second kappa shape index (κ2) is 5.66. The SMILES string of the molecule is CCC(C)n1ccc(CC(N)C2(C)CCCS2)n1. The van der Waals surface area contributed by atoms with E-state index in [0.717, 1.165) is 18.5 Å². The summed E-state index contributed by atoms with van der Waals surface area (Å²) >= 11 is 2.03. The summed E-state index contributed by atoms with van der Waals surface area (Å²) in [5.41, 5.74) is 7.53. The second-order valence-corrected chi connectivity index (χ2v) is 7.25. The molecule has 3 unspecified atom stereocenters. The number of hydrogen-bond donors (Lipinski definition) is 1. The van der Waals surface area contributed by atoms with Crippen LogP contribution in [0.3, 0.4) is 0 Å². The van der Waals surface area contributed by atoms with E-state index in [-0.39, 0.29) is 10.8 Å².